The van der Waals surface area contributed by atoms with Gasteiger partial charge in [-0.1, -0.05) is 6.07 Å². The number of hydrogen-bond acceptors (Lipinski definition) is 8. The summed E-state index contributed by atoms with van der Waals surface area (Å²) in [6.45, 7) is 7.89. The molecule has 1 atom stereocenters. The third kappa shape index (κ3) is 6.09. The number of carbonyl (C=O) groups excluding carboxylic acids is 2. The normalized spacial score (nSPS) is 17.3. The number of piperidine rings is 2. The van der Waals surface area contributed by atoms with Crippen LogP contribution < -0.4 is 4.74 Å². The van der Waals surface area contributed by atoms with Crippen LogP contribution in [0.2, 0.25) is 0 Å². The van der Waals surface area contributed by atoms with Crippen molar-refractivity contribution in [1.82, 2.24) is 34.0 Å². The molecule has 2 saturated heterocycles. The number of rotatable bonds is 7. The van der Waals surface area contributed by atoms with Crippen molar-refractivity contribution in [3.8, 4) is 5.75 Å². The van der Waals surface area contributed by atoms with E-state index >= 15 is 0 Å². The number of aromatic amines is 1. The van der Waals surface area contributed by atoms with Crippen molar-refractivity contribution < 1.29 is 22.7 Å². The first kappa shape index (κ1) is 32.6. The molecule has 4 aromatic rings. The summed E-state index contributed by atoms with van der Waals surface area (Å²) in [6.07, 6.45) is 8.13. The topological polar surface area (TPSA) is 142 Å². The number of amides is 2. The van der Waals surface area contributed by atoms with E-state index in [0.717, 1.165) is 25.7 Å². The summed E-state index contributed by atoms with van der Waals surface area (Å²) < 4.78 is 34.2. The molecule has 248 valence electrons. The summed E-state index contributed by atoms with van der Waals surface area (Å²) >= 11 is 0. The maximum absolute atomic E-state index is 13.9. The highest BCUT2D eigenvalue weighted by Crippen LogP contribution is 2.42. The van der Waals surface area contributed by atoms with Crippen molar-refractivity contribution in [2.75, 3.05) is 40.3 Å². The smallest absolute Gasteiger partial charge is 0.274 e. The molecule has 6 rings (SSSR count). The lowest BCUT2D eigenvalue weighted by atomic mass is 9.71. The van der Waals surface area contributed by atoms with E-state index in [-0.39, 0.29) is 22.1 Å². The number of aromatic nitrogens is 4. The molecule has 0 bridgehead atoms. The van der Waals surface area contributed by atoms with Gasteiger partial charge >= 0.3 is 0 Å². The van der Waals surface area contributed by atoms with Gasteiger partial charge in [0.05, 0.1) is 40.8 Å². The van der Waals surface area contributed by atoms with Gasteiger partial charge in [-0.2, -0.15) is 4.31 Å². The first-order chi connectivity index (χ1) is 22.4. The van der Waals surface area contributed by atoms with Gasteiger partial charge in [0.2, 0.25) is 10.0 Å². The van der Waals surface area contributed by atoms with E-state index in [1.54, 1.807) is 59.3 Å². The van der Waals surface area contributed by atoms with Crippen LogP contribution in [0, 0.1) is 19.3 Å². The zero-order valence-electron chi connectivity index (χ0n) is 27.5. The van der Waals surface area contributed by atoms with Gasteiger partial charge in [0.1, 0.15) is 17.3 Å². The maximum Gasteiger partial charge on any atom is 0.274 e. The molecule has 0 aliphatic carbocycles. The summed E-state index contributed by atoms with van der Waals surface area (Å²) in [7, 11) is -0.779. The lowest BCUT2D eigenvalue weighted by molar-refractivity contribution is 0.0279. The predicted molar refractivity (Wildman–Crippen MR) is 177 cm³/mol. The fourth-order valence-electron chi connectivity index (χ4n) is 7.00. The van der Waals surface area contributed by atoms with Crippen LogP contribution in [0.1, 0.15) is 76.4 Å². The number of benzene rings is 2. The average molecular weight is 660 g/mol. The Kier molecular flexibility index (Phi) is 8.79. The molecule has 2 aromatic carbocycles. The number of imidazole rings is 1. The van der Waals surface area contributed by atoms with Gasteiger partial charge in [0.15, 0.2) is 0 Å². The van der Waals surface area contributed by atoms with E-state index in [1.807, 2.05) is 21.9 Å². The molecule has 1 N–H and O–H groups in total. The SMILES string of the molecule is COc1cc(C)c(S(=O)(=O)N(C)C(C)c2nc3cccc(C(=O)N4CCC5(CCN(C(=O)c6cnccn6)CC5)CC4)c3[nH]2)c(C)c1. The van der Waals surface area contributed by atoms with Gasteiger partial charge in [-0.15, -0.1) is 0 Å². The van der Waals surface area contributed by atoms with Gasteiger partial charge in [0, 0.05) is 45.6 Å². The minimum absolute atomic E-state index is 0.0750. The number of aryl methyl sites for hydroxylation is 2. The maximum atomic E-state index is 13.9. The minimum atomic E-state index is -3.87. The second-order valence-corrected chi connectivity index (χ2v) is 14.7. The molecule has 2 aliphatic heterocycles. The standard InChI is InChI=1S/C34H41N7O5S/c1-22-19-25(46-5)20-23(2)30(22)47(44,45)39(4)24(3)31-37-27-8-6-7-26(29(27)38-31)32(42)40-15-9-34(10-16-40)11-17-41(18-12-34)33(43)28-21-35-13-14-36-28/h6-8,13-14,19-21,24H,9-12,15-18H2,1-5H3,(H,37,38). The van der Waals surface area contributed by atoms with Gasteiger partial charge < -0.3 is 19.5 Å². The summed E-state index contributed by atoms with van der Waals surface area (Å²) in [4.78, 5) is 46.9. The van der Waals surface area contributed by atoms with Crippen LogP contribution in [-0.4, -0.2) is 94.6 Å². The second kappa shape index (κ2) is 12.7. The number of nitrogens with zero attached hydrogens (tertiary/aromatic N) is 6. The number of ether oxygens (including phenoxy) is 1. The number of likely N-dealkylation sites (tertiary alicyclic amines) is 2. The van der Waals surface area contributed by atoms with Gasteiger partial charge in [0.25, 0.3) is 11.8 Å². The highest BCUT2D eigenvalue weighted by molar-refractivity contribution is 7.89. The van der Waals surface area contributed by atoms with E-state index in [2.05, 4.69) is 15.0 Å². The Morgan fingerprint density at radius 3 is 2.17 bits per heavy atom. The Morgan fingerprint density at radius 2 is 1.60 bits per heavy atom. The van der Waals surface area contributed by atoms with Crippen LogP contribution in [-0.2, 0) is 10.0 Å². The third-order valence-electron chi connectivity index (χ3n) is 10.0. The van der Waals surface area contributed by atoms with E-state index in [4.69, 9.17) is 9.72 Å². The monoisotopic (exact) mass is 659 g/mol. The lowest BCUT2D eigenvalue weighted by Crippen LogP contribution is -2.49. The molecule has 12 nitrogen and oxygen atoms in total. The molecule has 1 unspecified atom stereocenters. The Morgan fingerprint density at radius 1 is 0.979 bits per heavy atom. The van der Waals surface area contributed by atoms with E-state index in [1.165, 1.54) is 16.7 Å². The zero-order valence-corrected chi connectivity index (χ0v) is 28.3. The molecule has 1 spiro atoms. The van der Waals surface area contributed by atoms with E-state index < -0.39 is 16.1 Å². The summed E-state index contributed by atoms with van der Waals surface area (Å²) in [5, 5.41) is 0. The first-order valence-electron chi connectivity index (χ1n) is 15.9. The Hall–Kier alpha value is -4.36. The number of hydrogen-bond donors (Lipinski definition) is 1. The molecule has 2 aromatic heterocycles. The van der Waals surface area contributed by atoms with Crippen molar-refractivity contribution in [3.63, 3.8) is 0 Å². The largest absolute Gasteiger partial charge is 0.497 e. The molecule has 0 saturated carbocycles. The number of sulfonamides is 1. The van der Waals surface area contributed by atoms with Crippen molar-refractivity contribution in [1.29, 1.82) is 0 Å². The number of fused-ring (bicyclic) bond motifs is 1. The number of nitrogens with one attached hydrogen (secondary N) is 1. The number of para-hydroxylation sites is 1. The van der Waals surface area contributed by atoms with Crippen LogP contribution in [0.4, 0.5) is 0 Å². The van der Waals surface area contributed by atoms with Crippen LogP contribution in [0.15, 0.2) is 53.8 Å². The molecule has 47 heavy (non-hydrogen) atoms. The molecule has 2 amide bonds. The van der Waals surface area contributed by atoms with Crippen molar-refractivity contribution >= 4 is 32.9 Å². The van der Waals surface area contributed by atoms with E-state index in [9.17, 15) is 18.0 Å². The number of methoxy groups -OCH3 is 1. The zero-order chi connectivity index (χ0) is 33.5. The minimum Gasteiger partial charge on any atom is -0.497 e. The molecule has 2 aliphatic rings. The Balaban J connectivity index is 1.14. The fourth-order valence-corrected chi connectivity index (χ4v) is 8.73. The molecule has 0 radical (unpaired) electrons. The summed E-state index contributed by atoms with van der Waals surface area (Å²) in [6, 6.07) is 8.23. The van der Waals surface area contributed by atoms with Crippen molar-refractivity contribution in [3.05, 3.63) is 77.1 Å². The molecule has 2 fully saturated rings. The molecular formula is C34H41N7O5S. The van der Waals surface area contributed by atoms with E-state index in [0.29, 0.717) is 71.2 Å². The second-order valence-electron chi connectivity index (χ2n) is 12.8. The average Bonchev–Trinajstić information content (AvgIpc) is 3.52. The molecular weight excluding hydrogens is 618 g/mol. The Labute approximate surface area is 275 Å². The van der Waals surface area contributed by atoms with Crippen molar-refractivity contribution in [2.24, 2.45) is 5.41 Å². The fraction of sp³-hybridized carbons (Fsp3) is 0.441. The van der Waals surface area contributed by atoms with Gasteiger partial charge in [-0.05, 0) is 87.3 Å². The highest BCUT2D eigenvalue weighted by Gasteiger charge is 2.40. The van der Waals surface area contributed by atoms with Crippen LogP contribution in [0.3, 0.4) is 0 Å². The molecule has 13 heteroatoms. The summed E-state index contributed by atoms with van der Waals surface area (Å²) in [5.74, 6) is 0.894. The van der Waals surface area contributed by atoms with Crippen LogP contribution in [0.25, 0.3) is 11.0 Å². The predicted octanol–water partition coefficient (Wildman–Crippen LogP) is 4.52. The Bertz CT molecular complexity index is 1890. The van der Waals surface area contributed by atoms with Crippen LogP contribution >= 0.6 is 0 Å². The lowest BCUT2D eigenvalue weighted by Gasteiger charge is -2.46. The number of H-pyrrole nitrogens is 1. The molecule has 4 heterocycles. The van der Waals surface area contributed by atoms with Gasteiger partial charge in [-0.25, -0.2) is 18.4 Å². The first-order valence-corrected chi connectivity index (χ1v) is 17.3. The summed E-state index contributed by atoms with van der Waals surface area (Å²) in [5.41, 5.74) is 3.39. The van der Waals surface area contributed by atoms with Crippen molar-refractivity contribution in [2.45, 2.75) is 57.4 Å². The van der Waals surface area contributed by atoms with Gasteiger partial charge in [-0.3, -0.25) is 14.6 Å². The highest BCUT2D eigenvalue weighted by atomic mass is 32.2. The number of carbonyl (C=O) groups is 2. The van der Waals surface area contributed by atoms with Crippen LogP contribution in [0.5, 0.6) is 5.75 Å². The quantitative estimate of drug-likeness (QED) is 0.305. The third-order valence-corrected chi connectivity index (χ3v) is 12.3.